The van der Waals surface area contributed by atoms with Crippen molar-refractivity contribution in [1.82, 2.24) is 4.98 Å². The first kappa shape index (κ1) is 11.8. The molecule has 0 bridgehead atoms. The number of hydrogen-bond acceptors (Lipinski definition) is 3. The Balaban J connectivity index is 1.88. The molecule has 0 saturated carbocycles. The van der Waals surface area contributed by atoms with Gasteiger partial charge in [0.05, 0.1) is 4.88 Å². The van der Waals surface area contributed by atoms with Gasteiger partial charge in [-0.05, 0) is 24.3 Å². The standard InChI is InChI=1S/C13H17NS2/c1-2-3-4-5-7-11-10-14-13(16-11)12-8-6-9-15-12/h6,8-10H,2-5,7H2,1H3. The maximum absolute atomic E-state index is 4.49. The lowest BCUT2D eigenvalue weighted by Gasteiger charge is -1.95. The molecule has 0 aliphatic carbocycles. The summed E-state index contributed by atoms with van der Waals surface area (Å²) in [5.74, 6) is 0. The van der Waals surface area contributed by atoms with Gasteiger partial charge in [0, 0.05) is 11.1 Å². The maximum atomic E-state index is 4.49. The second-order valence-electron chi connectivity index (χ2n) is 3.92. The average Bonchev–Trinajstić information content (AvgIpc) is 2.94. The van der Waals surface area contributed by atoms with E-state index in [1.165, 1.54) is 46.9 Å². The molecule has 2 rings (SSSR count). The Morgan fingerprint density at radius 3 is 2.94 bits per heavy atom. The van der Waals surface area contributed by atoms with E-state index in [4.69, 9.17) is 0 Å². The number of thiazole rings is 1. The predicted octanol–water partition coefficient (Wildman–Crippen LogP) is 4.99. The van der Waals surface area contributed by atoms with E-state index in [-0.39, 0.29) is 0 Å². The average molecular weight is 251 g/mol. The number of aromatic nitrogens is 1. The van der Waals surface area contributed by atoms with E-state index in [1.807, 2.05) is 17.5 Å². The quantitative estimate of drug-likeness (QED) is 0.659. The zero-order valence-corrected chi connectivity index (χ0v) is 11.2. The second-order valence-corrected chi connectivity index (χ2v) is 5.98. The van der Waals surface area contributed by atoms with Crippen LogP contribution in [-0.2, 0) is 6.42 Å². The van der Waals surface area contributed by atoms with Crippen LogP contribution < -0.4 is 0 Å². The van der Waals surface area contributed by atoms with Gasteiger partial charge in [0.2, 0.25) is 0 Å². The van der Waals surface area contributed by atoms with Crippen LogP contribution in [0.25, 0.3) is 9.88 Å². The SMILES string of the molecule is CCCCCCc1cnc(-c2cccs2)s1. The lowest BCUT2D eigenvalue weighted by molar-refractivity contribution is 0.670. The lowest BCUT2D eigenvalue weighted by Crippen LogP contribution is -1.80. The van der Waals surface area contributed by atoms with Crippen molar-refractivity contribution in [3.05, 3.63) is 28.6 Å². The van der Waals surface area contributed by atoms with Gasteiger partial charge < -0.3 is 0 Å². The fraction of sp³-hybridized carbons (Fsp3) is 0.462. The normalized spacial score (nSPS) is 10.8. The van der Waals surface area contributed by atoms with Gasteiger partial charge in [-0.2, -0.15) is 0 Å². The van der Waals surface area contributed by atoms with Crippen LogP contribution >= 0.6 is 22.7 Å². The Morgan fingerprint density at radius 1 is 1.25 bits per heavy atom. The first-order valence-corrected chi connectivity index (χ1v) is 7.58. The fourth-order valence-electron chi connectivity index (χ4n) is 1.66. The second kappa shape index (κ2) is 6.16. The van der Waals surface area contributed by atoms with Crippen molar-refractivity contribution in [2.75, 3.05) is 0 Å². The molecule has 0 spiro atoms. The van der Waals surface area contributed by atoms with Gasteiger partial charge in [-0.1, -0.05) is 32.3 Å². The lowest BCUT2D eigenvalue weighted by atomic mass is 10.1. The monoisotopic (exact) mass is 251 g/mol. The molecule has 0 aliphatic rings. The number of nitrogens with zero attached hydrogens (tertiary/aromatic N) is 1. The van der Waals surface area contributed by atoms with E-state index in [0.717, 1.165) is 0 Å². The summed E-state index contributed by atoms with van der Waals surface area (Å²) in [5, 5.41) is 3.29. The van der Waals surface area contributed by atoms with Crippen molar-refractivity contribution in [1.29, 1.82) is 0 Å². The molecule has 0 aliphatic heterocycles. The summed E-state index contributed by atoms with van der Waals surface area (Å²) >= 11 is 3.62. The minimum Gasteiger partial charge on any atom is -0.243 e. The molecule has 86 valence electrons. The molecule has 1 nitrogen and oxygen atoms in total. The van der Waals surface area contributed by atoms with E-state index in [2.05, 4.69) is 29.4 Å². The third kappa shape index (κ3) is 3.16. The molecule has 0 N–H and O–H groups in total. The molecule has 16 heavy (non-hydrogen) atoms. The number of aryl methyl sites for hydroxylation is 1. The molecule has 0 aromatic carbocycles. The Labute approximate surface area is 105 Å². The van der Waals surface area contributed by atoms with Crippen LogP contribution in [0.4, 0.5) is 0 Å². The van der Waals surface area contributed by atoms with Crippen LogP contribution in [0.3, 0.4) is 0 Å². The summed E-state index contributed by atoms with van der Waals surface area (Å²) in [4.78, 5) is 7.21. The highest BCUT2D eigenvalue weighted by atomic mass is 32.1. The maximum Gasteiger partial charge on any atom is 0.133 e. The molecule has 3 heteroatoms. The zero-order chi connectivity index (χ0) is 11.2. The summed E-state index contributed by atoms with van der Waals surface area (Å²) in [5.41, 5.74) is 0. The van der Waals surface area contributed by atoms with Crippen molar-refractivity contribution >= 4 is 22.7 Å². The Kier molecular flexibility index (Phi) is 4.55. The summed E-state index contributed by atoms with van der Waals surface area (Å²) in [6.07, 6.45) is 8.57. The van der Waals surface area contributed by atoms with Crippen molar-refractivity contribution in [3.8, 4) is 9.88 Å². The third-order valence-corrected chi connectivity index (χ3v) is 4.66. The first-order valence-electron chi connectivity index (χ1n) is 5.88. The van der Waals surface area contributed by atoms with Crippen LogP contribution in [0.2, 0.25) is 0 Å². The largest absolute Gasteiger partial charge is 0.243 e. The highest BCUT2D eigenvalue weighted by molar-refractivity contribution is 7.20. The molecule has 0 radical (unpaired) electrons. The van der Waals surface area contributed by atoms with Gasteiger partial charge in [-0.3, -0.25) is 0 Å². The minimum absolute atomic E-state index is 1.18. The van der Waals surface area contributed by atoms with E-state index in [0.29, 0.717) is 0 Å². The summed E-state index contributed by atoms with van der Waals surface area (Å²) in [6.45, 7) is 2.25. The molecule has 0 amide bonds. The number of hydrogen-bond donors (Lipinski definition) is 0. The van der Waals surface area contributed by atoms with Gasteiger partial charge >= 0.3 is 0 Å². The van der Waals surface area contributed by atoms with E-state index in [1.54, 1.807) is 11.3 Å². The number of rotatable bonds is 6. The highest BCUT2D eigenvalue weighted by Gasteiger charge is 2.04. The molecule has 2 aromatic heterocycles. The minimum atomic E-state index is 1.18. The van der Waals surface area contributed by atoms with Crippen LogP contribution in [0.5, 0.6) is 0 Å². The molecule has 2 aromatic rings. The van der Waals surface area contributed by atoms with Crippen molar-refractivity contribution in [3.63, 3.8) is 0 Å². The van der Waals surface area contributed by atoms with Gasteiger partial charge in [-0.15, -0.1) is 22.7 Å². The van der Waals surface area contributed by atoms with Crippen LogP contribution in [0.1, 0.15) is 37.5 Å². The van der Waals surface area contributed by atoms with Gasteiger partial charge in [-0.25, -0.2) is 4.98 Å². The van der Waals surface area contributed by atoms with E-state index in [9.17, 15) is 0 Å². The van der Waals surface area contributed by atoms with Crippen molar-refractivity contribution in [2.45, 2.75) is 39.0 Å². The van der Waals surface area contributed by atoms with Crippen molar-refractivity contribution in [2.24, 2.45) is 0 Å². The van der Waals surface area contributed by atoms with Gasteiger partial charge in [0.1, 0.15) is 5.01 Å². The molecule has 0 atom stereocenters. The van der Waals surface area contributed by atoms with Gasteiger partial charge in [0.15, 0.2) is 0 Å². The number of thiophene rings is 1. The Bertz CT molecular complexity index is 403. The molecular weight excluding hydrogens is 234 g/mol. The summed E-state index contributed by atoms with van der Waals surface area (Å²) < 4.78 is 0. The fourth-order valence-corrected chi connectivity index (χ4v) is 3.42. The van der Waals surface area contributed by atoms with Crippen molar-refractivity contribution < 1.29 is 0 Å². The molecule has 0 fully saturated rings. The molecular formula is C13H17NS2. The topological polar surface area (TPSA) is 12.9 Å². The predicted molar refractivity (Wildman–Crippen MR) is 73.3 cm³/mol. The highest BCUT2D eigenvalue weighted by Crippen LogP contribution is 2.29. The summed E-state index contributed by atoms with van der Waals surface area (Å²) in [7, 11) is 0. The molecule has 0 saturated heterocycles. The van der Waals surface area contributed by atoms with Crippen LogP contribution in [0, 0.1) is 0 Å². The van der Waals surface area contributed by atoms with Crippen LogP contribution in [0.15, 0.2) is 23.7 Å². The first-order chi connectivity index (χ1) is 7.90. The smallest absolute Gasteiger partial charge is 0.133 e. The Morgan fingerprint density at radius 2 is 2.19 bits per heavy atom. The van der Waals surface area contributed by atoms with E-state index >= 15 is 0 Å². The Hall–Kier alpha value is -0.670. The van der Waals surface area contributed by atoms with Gasteiger partial charge in [0.25, 0.3) is 0 Å². The zero-order valence-electron chi connectivity index (χ0n) is 9.61. The van der Waals surface area contributed by atoms with Crippen LogP contribution in [-0.4, -0.2) is 4.98 Å². The molecule has 2 heterocycles. The summed E-state index contributed by atoms with van der Waals surface area (Å²) in [6, 6.07) is 4.23. The number of unbranched alkanes of at least 4 members (excludes halogenated alkanes) is 3. The molecule has 0 unspecified atom stereocenters. The third-order valence-electron chi connectivity index (χ3n) is 2.56. The van der Waals surface area contributed by atoms with E-state index < -0.39 is 0 Å².